The van der Waals surface area contributed by atoms with Crippen molar-refractivity contribution in [2.24, 2.45) is 4.99 Å². The molecule has 3 heteroatoms. The molecule has 0 aliphatic carbocycles. The first-order valence-corrected chi connectivity index (χ1v) is 6.37. The summed E-state index contributed by atoms with van der Waals surface area (Å²) in [5.41, 5.74) is 2.00. The van der Waals surface area contributed by atoms with Gasteiger partial charge in [-0.05, 0) is 30.0 Å². The van der Waals surface area contributed by atoms with E-state index in [1.807, 2.05) is 31.3 Å². The Bertz CT molecular complexity index is 503. The van der Waals surface area contributed by atoms with Crippen LogP contribution in [0.4, 0.5) is 5.69 Å². The number of ether oxygens (including phenoxy) is 1. The summed E-state index contributed by atoms with van der Waals surface area (Å²) in [4.78, 5) is 5.79. The quantitative estimate of drug-likeness (QED) is 0.746. The molecule has 1 aromatic carbocycles. The maximum atomic E-state index is 5.35. The summed E-state index contributed by atoms with van der Waals surface area (Å²) in [5, 5.41) is 2.08. The maximum absolute atomic E-state index is 5.35. The molecular formula is C14H15NOS. The van der Waals surface area contributed by atoms with E-state index >= 15 is 0 Å². The lowest BCUT2D eigenvalue weighted by Gasteiger charge is -2.06. The molecule has 0 saturated heterocycles. The molecule has 0 bridgehead atoms. The number of aryl methyl sites for hydroxylation is 1. The first-order chi connectivity index (χ1) is 8.31. The van der Waals surface area contributed by atoms with Gasteiger partial charge in [-0.1, -0.05) is 18.2 Å². The van der Waals surface area contributed by atoms with Crippen molar-refractivity contribution in [3.63, 3.8) is 0 Å². The summed E-state index contributed by atoms with van der Waals surface area (Å²) >= 11 is 1.75. The van der Waals surface area contributed by atoms with Gasteiger partial charge in [0.2, 0.25) is 0 Å². The van der Waals surface area contributed by atoms with E-state index in [2.05, 4.69) is 22.5 Å². The van der Waals surface area contributed by atoms with Crippen LogP contribution in [-0.2, 0) is 6.42 Å². The monoisotopic (exact) mass is 245 g/mol. The van der Waals surface area contributed by atoms with Crippen molar-refractivity contribution in [1.82, 2.24) is 0 Å². The number of benzene rings is 1. The van der Waals surface area contributed by atoms with Gasteiger partial charge in [0.25, 0.3) is 0 Å². The van der Waals surface area contributed by atoms with Gasteiger partial charge in [0, 0.05) is 17.5 Å². The summed E-state index contributed by atoms with van der Waals surface area (Å²) < 4.78 is 5.35. The molecule has 0 atom stereocenters. The van der Waals surface area contributed by atoms with E-state index in [1.54, 1.807) is 18.4 Å². The zero-order chi connectivity index (χ0) is 12.1. The van der Waals surface area contributed by atoms with E-state index in [1.165, 1.54) is 4.88 Å². The van der Waals surface area contributed by atoms with Crippen molar-refractivity contribution in [1.29, 1.82) is 0 Å². The van der Waals surface area contributed by atoms with Gasteiger partial charge < -0.3 is 4.74 Å². The van der Waals surface area contributed by atoms with Crippen LogP contribution in [-0.4, -0.2) is 13.3 Å². The summed E-state index contributed by atoms with van der Waals surface area (Å²) in [6, 6.07) is 10.2. The second-order valence-corrected chi connectivity index (χ2v) is 4.75. The molecule has 1 aromatic heterocycles. The SMILES string of the molecule is COc1c(C)cccc1N=CCc1cccs1. The van der Waals surface area contributed by atoms with Crippen molar-refractivity contribution in [3.05, 3.63) is 46.2 Å². The van der Waals surface area contributed by atoms with Gasteiger partial charge in [0.05, 0.1) is 7.11 Å². The molecule has 17 heavy (non-hydrogen) atoms. The Morgan fingerprint density at radius 1 is 1.29 bits per heavy atom. The van der Waals surface area contributed by atoms with Crippen molar-refractivity contribution in [3.8, 4) is 5.75 Å². The second kappa shape index (κ2) is 5.64. The number of para-hydroxylation sites is 1. The fourth-order valence-corrected chi connectivity index (χ4v) is 2.33. The molecule has 0 saturated carbocycles. The van der Waals surface area contributed by atoms with Crippen molar-refractivity contribution in [2.75, 3.05) is 7.11 Å². The van der Waals surface area contributed by atoms with Crippen LogP contribution in [0.3, 0.4) is 0 Å². The van der Waals surface area contributed by atoms with E-state index < -0.39 is 0 Å². The molecule has 0 unspecified atom stereocenters. The lowest BCUT2D eigenvalue weighted by Crippen LogP contribution is -1.88. The molecule has 2 aromatic rings. The highest BCUT2D eigenvalue weighted by molar-refractivity contribution is 7.10. The molecule has 0 amide bonds. The van der Waals surface area contributed by atoms with E-state index in [-0.39, 0.29) is 0 Å². The lowest BCUT2D eigenvalue weighted by molar-refractivity contribution is 0.413. The topological polar surface area (TPSA) is 21.6 Å². The molecule has 2 nitrogen and oxygen atoms in total. The van der Waals surface area contributed by atoms with E-state index in [4.69, 9.17) is 4.74 Å². The smallest absolute Gasteiger partial charge is 0.147 e. The molecule has 0 aliphatic rings. The Labute approximate surface area is 106 Å². The van der Waals surface area contributed by atoms with Crippen LogP contribution in [0.15, 0.2) is 40.7 Å². The average molecular weight is 245 g/mol. The third-order valence-corrected chi connectivity index (χ3v) is 3.40. The van der Waals surface area contributed by atoms with Crippen LogP contribution < -0.4 is 4.74 Å². The zero-order valence-electron chi connectivity index (χ0n) is 10.0. The molecule has 1 heterocycles. The highest BCUT2D eigenvalue weighted by atomic mass is 32.1. The molecule has 88 valence electrons. The van der Waals surface area contributed by atoms with Crippen molar-refractivity contribution >= 4 is 23.2 Å². The van der Waals surface area contributed by atoms with Gasteiger partial charge in [-0.2, -0.15) is 0 Å². The lowest BCUT2D eigenvalue weighted by atomic mass is 10.2. The minimum Gasteiger partial charge on any atom is -0.494 e. The Kier molecular flexibility index (Phi) is 3.94. The van der Waals surface area contributed by atoms with Crippen molar-refractivity contribution < 1.29 is 4.74 Å². The van der Waals surface area contributed by atoms with Crippen LogP contribution in [0.1, 0.15) is 10.4 Å². The average Bonchev–Trinajstić information content (AvgIpc) is 2.82. The Morgan fingerprint density at radius 3 is 2.88 bits per heavy atom. The van der Waals surface area contributed by atoms with Gasteiger partial charge >= 0.3 is 0 Å². The summed E-state index contributed by atoms with van der Waals surface area (Å²) in [5.74, 6) is 0.856. The van der Waals surface area contributed by atoms with Crippen LogP contribution in [0.5, 0.6) is 5.75 Å². The maximum Gasteiger partial charge on any atom is 0.147 e. The molecule has 0 fully saturated rings. The summed E-state index contributed by atoms with van der Waals surface area (Å²) in [6.45, 7) is 2.02. The number of hydrogen-bond acceptors (Lipinski definition) is 3. The number of methoxy groups -OCH3 is 1. The molecule has 0 radical (unpaired) electrons. The van der Waals surface area contributed by atoms with Gasteiger partial charge in [-0.15, -0.1) is 11.3 Å². The highest BCUT2D eigenvalue weighted by Crippen LogP contribution is 2.30. The Hall–Kier alpha value is -1.61. The molecule has 0 N–H and O–H groups in total. The number of rotatable bonds is 4. The number of thiophene rings is 1. The summed E-state index contributed by atoms with van der Waals surface area (Å²) in [7, 11) is 1.68. The molecule has 0 spiro atoms. The predicted octanol–water partition coefficient (Wildman–Crippen LogP) is 4.01. The van der Waals surface area contributed by atoms with Gasteiger partial charge in [0.1, 0.15) is 11.4 Å². The standard InChI is InChI=1S/C14H15NOS/c1-11-5-3-7-13(14(11)16-2)15-9-8-12-6-4-10-17-12/h3-7,9-10H,8H2,1-2H3. The van der Waals surface area contributed by atoms with Crippen LogP contribution in [0.2, 0.25) is 0 Å². The highest BCUT2D eigenvalue weighted by Gasteiger charge is 2.03. The number of aliphatic imine (C=N–C) groups is 1. The Balaban J connectivity index is 2.13. The van der Waals surface area contributed by atoms with Crippen LogP contribution >= 0.6 is 11.3 Å². The van der Waals surface area contributed by atoms with E-state index in [0.29, 0.717) is 0 Å². The number of nitrogens with zero attached hydrogens (tertiary/aromatic N) is 1. The van der Waals surface area contributed by atoms with Crippen LogP contribution in [0, 0.1) is 6.92 Å². The molecule has 2 rings (SSSR count). The van der Waals surface area contributed by atoms with Crippen molar-refractivity contribution in [2.45, 2.75) is 13.3 Å². The van der Waals surface area contributed by atoms with Gasteiger partial charge in [0.15, 0.2) is 0 Å². The van der Waals surface area contributed by atoms with Gasteiger partial charge in [-0.25, -0.2) is 0 Å². The first kappa shape index (κ1) is 11.9. The normalized spacial score (nSPS) is 10.9. The van der Waals surface area contributed by atoms with Crippen LogP contribution in [0.25, 0.3) is 0 Å². The summed E-state index contributed by atoms with van der Waals surface area (Å²) in [6.07, 6.45) is 2.80. The van der Waals surface area contributed by atoms with E-state index in [0.717, 1.165) is 23.4 Å². The fourth-order valence-electron chi connectivity index (χ4n) is 1.67. The predicted molar refractivity (Wildman–Crippen MR) is 73.9 cm³/mol. The molecular weight excluding hydrogens is 230 g/mol. The van der Waals surface area contributed by atoms with E-state index in [9.17, 15) is 0 Å². The zero-order valence-corrected chi connectivity index (χ0v) is 10.8. The second-order valence-electron chi connectivity index (χ2n) is 3.72. The fraction of sp³-hybridized carbons (Fsp3) is 0.214. The third kappa shape index (κ3) is 2.94. The van der Waals surface area contributed by atoms with Gasteiger partial charge in [-0.3, -0.25) is 4.99 Å². The Morgan fingerprint density at radius 2 is 2.18 bits per heavy atom. The number of hydrogen-bond donors (Lipinski definition) is 0. The first-order valence-electron chi connectivity index (χ1n) is 5.50. The minimum atomic E-state index is 0.856. The third-order valence-electron chi connectivity index (χ3n) is 2.50. The molecule has 0 aliphatic heterocycles. The minimum absolute atomic E-state index is 0.856. The largest absolute Gasteiger partial charge is 0.494 e.